The molecule has 0 spiro atoms. The van der Waals surface area contributed by atoms with E-state index in [0.29, 0.717) is 22.4 Å². The minimum absolute atomic E-state index is 0.123. The van der Waals surface area contributed by atoms with Gasteiger partial charge in [-0.25, -0.2) is 18.3 Å². The molecule has 0 saturated heterocycles. The van der Waals surface area contributed by atoms with Crippen LogP contribution < -0.4 is 5.32 Å². The van der Waals surface area contributed by atoms with Gasteiger partial charge in [-0.2, -0.15) is 5.10 Å². The Hall–Kier alpha value is -3.22. The number of carbonyl (C=O) groups excluding carboxylic acids is 1. The maximum absolute atomic E-state index is 14.1. The molecule has 0 saturated carbocycles. The predicted molar refractivity (Wildman–Crippen MR) is 102 cm³/mol. The van der Waals surface area contributed by atoms with Gasteiger partial charge >= 0.3 is 6.09 Å². The standard InChI is InChI=1S/C21H21F2N3O2/c1-21(2,3)28-20(27)24-11-14-7-15(9-18(23)8-14)16-12-25-26(13-16)19-6-4-5-17(22)10-19/h4-10,12-13H,11H2,1-3H3,(H,24,27). The van der Waals surface area contributed by atoms with Crippen LogP contribution in [0.1, 0.15) is 26.3 Å². The van der Waals surface area contributed by atoms with Crippen molar-refractivity contribution < 1.29 is 18.3 Å². The van der Waals surface area contributed by atoms with Crippen molar-refractivity contribution in [3.63, 3.8) is 0 Å². The summed E-state index contributed by atoms with van der Waals surface area (Å²) in [5, 5.41) is 6.82. The van der Waals surface area contributed by atoms with Gasteiger partial charge in [0.05, 0.1) is 11.9 Å². The van der Waals surface area contributed by atoms with Crippen LogP contribution in [-0.4, -0.2) is 21.5 Å². The maximum atomic E-state index is 14.1. The van der Waals surface area contributed by atoms with Crippen molar-refractivity contribution >= 4 is 6.09 Å². The fraction of sp³-hybridized carbons (Fsp3) is 0.238. The van der Waals surface area contributed by atoms with Crippen LogP contribution in [0.15, 0.2) is 54.9 Å². The van der Waals surface area contributed by atoms with Crippen LogP contribution in [0.2, 0.25) is 0 Å². The van der Waals surface area contributed by atoms with E-state index in [1.54, 1.807) is 51.4 Å². The molecule has 0 fully saturated rings. The van der Waals surface area contributed by atoms with E-state index in [4.69, 9.17) is 4.74 Å². The number of benzene rings is 2. The average molecular weight is 385 g/mol. The monoisotopic (exact) mass is 385 g/mol. The van der Waals surface area contributed by atoms with Crippen molar-refractivity contribution in [2.45, 2.75) is 32.9 Å². The van der Waals surface area contributed by atoms with Gasteiger partial charge in [0.1, 0.15) is 17.2 Å². The van der Waals surface area contributed by atoms with Crippen LogP contribution in [0.3, 0.4) is 0 Å². The van der Waals surface area contributed by atoms with Crippen LogP contribution in [0.5, 0.6) is 0 Å². The van der Waals surface area contributed by atoms with E-state index in [-0.39, 0.29) is 12.4 Å². The molecule has 3 rings (SSSR count). The number of nitrogens with zero attached hydrogens (tertiary/aromatic N) is 2. The molecule has 7 heteroatoms. The largest absolute Gasteiger partial charge is 0.444 e. The van der Waals surface area contributed by atoms with E-state index < -0.39 is 17.5 Å². The SMILES string of the molecule is CC(C)(C)OC(=O)NCc1cc(F)cc(-c2cnn(-c3cccc(F)c3)c2)c1. The summed E-state index contributed by atoms with van der Waals surface area (Å²) < 4.78 is 34.2. The van der Waals surface area contributed by atoms with E-state index in [2.05, 4.69) is 10.4 Å². The Kier molecular flexibility index (Phi) is 5.44. The van der Waals surface area contributed by atoms with Crippen LogP contribution in [0, 0.1) is 11.6 Å². The lowest BCUT2D eigenvalue weighted by Gasteiger charge is -2.19. The van der Waals surface area contributed by atoms with E-state index >= 15 is 0 Å². The summed E-state index contributed by atoms with van der Waals surface area (Å²) in [6.45, 7) is 5.42. The Morgan fingerprint density at radius 2 is 1.89 bits per heavy atom. The van der Waals surface area contributed by atoms with E-state index in [1.807, 2.05) is 0 Å². The van der Waals surface area contributed by atoms with Crippen LogP contribution in [0.4, 0.5) is 13.6 Å². The molecule has 0 bridgehead atoms. The van der Waals surface area contributed by atoms with E-state index in [1.165, 1.54) is 28.9 Å². The summed E-state index contributed by atoms with van der Waals surface area (Å²) >= 11 is 0. The number of alkyl carbamates (subject to hydrolysis) is 1. The van der Waals surface area contributed by atoms with Gasteiger partial charge in [0.2, 0.25) is 0 Å². The van der Waals surface area contributed by atoms with Crippen LogP contribution >= 0.6 is 0 Å². The number of amides is 1. The van der Waals surface area contributed by atoms with Crippen molar-refractivity contribution in [1.29, 1.82) is 0 Å². The molecule has 0 aliphatic heterocycles. The molecule has 2 aromatic carbocycles. The maximum Gasteiger partial charge on any atom is 0.407 e. The molecule has 0 radical (unpaired) electrons. The fourth-order valence-electron chi connectivity index (χ4n) is 2.64. The third-order valence-corrected chi connectivity index (χ3v) is 3.78. The predicted octanol–water partition coefficient (Wildman–Crippen LogP) is 4.84. The summed E-state index contributed by atoms with van der Waals surface area (Å²) in [4.78, 5) is 11.8. The summed E-state index contributed by atoms with van der Waals surface area (Å²) in [5.41, 5.74) is 1.81. The van der Waals surface area contributed by atoms with Gasteiger partial charge in [-0.3, -0.25) is 0 Å². The highest BCUT2D eigenvalue weighted by molar-refractivity contribution is 5.68. The highest BCUT2D eigenvalue weighted by Gasteiger charge is 2.16. The lowest BCUT2D eigenvalue weighted by molar-refractivity contribution is 0.0523. The minimum atomic E-state index is -0.608. The highest BCUT2D eigenvalue weighted by atomic mass is 19.1. The molecule has 1 aromatic heterocycles. The summed E-state index contributed by atoms with van der Waals surface area (Å²) in [6.07, 6.45) is 2.69. The summed E-state index contributed by atoms with van der Waals surface area (Å²) in [5.74, 6) is -0.798. The third-order valence-electron chi connectivity index (χ3n) is 3.78. The molecular weight excluding hydrogens is 364 g/mol. The Morgan fingerprint density at radius 1 is 1.11 bits per heavy atom. The first-order chi connectivity index (χ1) is 13.2. The van der Waals surface area contributed by atoms with Crippen molar-refractivity contribution in [3.05, 3.63) is 72.1 Å². The topological polar surface area (TPSA) is 56.1 Å². The number of carbonyl (C=O) groups is 1. The van der Waals surface area contributed by atoms with Crippen LogP contribution in [0.25, 0.3) is 16.8 Å². The normalized spacial score (nSPS) is 11.3. The smallest absolute Gasteiger partial charge is 0.407 e. The molecule has 1 heterocycles. The molecule has 0 aliphatic rings. The van der Waals surface area contributed by atoms with Crippen LogP contribution in [-0.2, 0) is 11.3 Å². The first-order valence-electron chi connectivity index (χ1n) is 8.77. The number of ether oxygens (including phenoxy) is 1. The Morgan fingerprint density at radius 3 is 2.61 bits per heavy atom. The van der Waals surface area contributed by atoms with E-state index in [9.17, 15) is 13.6 Å². The van der Waals surface area contributed by atoms with E-state index in [0.717, 1.165) is 0 Å². The van der Waals surface area contributed by atoms with Crippen molar-refractivity contribution in [2.24, 2.45) is 0 Å². The molecule has 28 heavy (non-hydrogen) atoms. The number of halogens is 2. The molecule has 3 aromatic rings. The summed E-state index contributed by atoms with van der Waals surface area (Å²) in [7, 11) is 0. The first kappa shape index (κ1) is 19.5. The van der Waals surface area contributed by atoms with Crippen molar-refractivity contribution in [2.75, 3.05) is 0 Å². The van der Waals surface area contributed by atoms with Gasteiger partial charge < -0.3 is 10.1 Å². The Bertz CT molecular complexity index is 993. The third kappa shape index (κ3) is 5.16. The first-order valence-corrected chi connectivity index (χ1v) is 8.77. The second-order valence-corrected chi connectivity index (χ2v) is 7.36. The van der Waals surface area contributed by atoms with Crippen molar-refractivity contribution in [1.82, 2.24) is 15.1 Å². The minimum Gasteiger partial charge on any atom is -0.444 e. The zero-order chi connectivity index (χ0) is 20.3. The zero-order valence-corrected chi connectivity index (χ0v) is 15.9. The fourth-order valence-corrected chi connectivity index (χ4v) is 2.64. The van der Waals surface area contributed by atoms with Gasteiger partial charge in [0, 0.05) is 18.3 Å². The molecular formula is C21H21F2N3O2. The molecule has 146 valence electrons. The van der Waals surface area contributed by atoms with Crippen molar-refractivity contribution in [3.8, 4) is 16.8 Å². The van der Waals surface area contributed by atoms with Gasteiger partial charge in [-0.05, 0) is 68.3 Å². The van der Waals surface area contributed by atoms with Gasteiger partial charge in [0.25, 0.3) is 0 Å². The number of aromatic nitrogens is 2. The van der Waals surface area contributed by atoms with Gasteiger partial charge in [-0.1, -0.05) is 6.07 Å². The number of nitrogens with one attached hydrogen (secondary N) is 1. The highest BCUT2D eigenvalue weighted by Crippen LogP contribution is 2.23. The summed E-state index contributed by atoms with van der Waals surface area (Å²) in [6, 6.07) is 10.5. The molecule has 0 unspecified atom stereocenters. The molecule has 0 aliphatic carbocycles. The average Bonchev–Trinajstić information content (AvgIpc) is 3.08. The Labute approximate surface area is 161 Å². The quantitative estimate of drug-likeness (QED) is 0.699. The van der Waals surface area contributed by atoms with Gasteiger partial charge in [0.15, 0.2) is 0 Å². The lowest BCUT2D eigenvalue weighted by Crippen LogP contribution is -2.32. The number of hydrogen-bond donors (Lipinski definition) is 1. The van der Waals surface area contributed by atoms with Gasteiger partial charge in [-0.15, -0.1) is 0 Å². The zero-order valence-electron chi connectivity index (χ0n) is 15.9. The number of hydrogen-bond acceptors (Lipinski definition) is 3. The molecule has 0 atom stereocenters. The second-order valence-electron chi connectivity index (χ2n) is 7.36. The molecule has 1 amide bonds. The molecule has 1 N–H and O–H groups in total. The Balaban J connectivity index is 1.77. The number of rotatable bonds is 4. The molecule has 5 nitrogen and oxygen atoms in total. The lowest BCUT2D eigenvalue weighted by atomic mass is 10.1. The second kappa shape index (κ2) is 7.80.